The number of anilines is 3. The summed E-state index contributed by atoms with van der Waals surface area (Å²) in [4.78, 5) is 36.2. The second-order valence-electron chi connectivity index (χ2n) is 11.8. The first-order chi connectivity index (χ1) is 21.0. The van der Waals surface area contributed by atoms with E-state index in [2.05, 4.69) is 99.5 Å². The highest BCUT2D eigenvalue weighted by molar-refractivity contribution is 5.82. The average molecular weight is 607 g/mol. The van der Waals surface area contributed by atoms with Gasteiger partial charge in [-0.15, -0.1) is 0 Å². The summed E-state index contributed by atoms with van der Waals surface area (Å²) in [6.07, 6.45) is 3.35. The molecule has 0 radical (unpaired) electrons. The lowest BCUT2D eigenvalue weighted by Crippen LogP contribution is -2.32. The molecule has 1 unspecified atom stereocenters. The first kappa shape index (κ1) is 36.2. The Morgan fingerprint density at radius 1 is 0.932 bits per heavy atom. The van der Waals surface area contributed by atoms with E-state index < -0.39 is 0 Å². The number of hydrogen-bond acceptors (Lipinski definition) is 10. The standard InChI is InChI=1S/C29H40N6O2.C5H10O2/c1-6-30-29-31-20-25(21-36)28(32-29)35(5)18-17-34(4)26-14-10-11-23(19-26)22-37-27(15-16-33(2)3)24-12-8-7-9-13-24;1-5(2,3)7-4-6/h7-14,19-21,27H,6,15-18,22H2,1-5H3,(H,30,31,32);4H,1-3H3. The molecule has 240 valence electrons. The number of carbonyl (C=O) groups is 2. The lowest BCUT2D eigenvalue weighted by Gasteiger charge is -2.26. The summed E-state index contributed by atoms with van der Waals surface area (Å²) in [5.41, 5.74) is 3.62. The lowest BCUT2D eigenvalue weighted by atomic mass is 10.1. The quantitative estimate of drug-likeness (QED) is 0.212. The molecule has 0 fully saturated rings. The minimum absolute atomic E-state index is 0.0469. The Morgan fingerprint density at radius 3 is 2.23 bits per heavy atom. The van der Waals surface area contributed by atoms with E-state index in [4.69, 9.17) is 4.74 Å². The van der Waals surface area contributed by atoms with Gasteiger partial charge in [-0.2, -0.15) is 4.98 Å². The normalized spacial score (nSPS) is 11.7. The Kier molecular flexibility index (Phi) is 15.3. The Morgan fingerprint density at radius 2 is 1.64 bits per heavy atom. The highest BCUT2D eigenvalue weighted by Gasteiger charge is 2.15. The molecule has 10 nitrogen and oxygen atoms in total. The van der Waals surface area contributed by atoms with Crippen LogP contribution in [0, 0.1) is 0 Å². The van der Waals surface area contributed by atoms with Crippen molar-refractivity contribution in [2.45, 2.75) is 52.4 Å². The zero-order valence-electron chi connectivity index (χ0n) is 27.6. The highest BCUT2D eigenvalue weighted by atomic mass is 16.5. The van der Waals surface area contributed by atoms with Crippen LogP contribution in [0.1, 0.15) is 61.7 Å². The third kappa shape index (κ3) is 13.1. The molecule has 1 atom stereocenters. The Bertz CT molecular complexity index is 1270. The van der Waals surface area contributed by atoms with Gasteiger partial charge in [0.2, 0.25) is 5.95 Å². The minimum Gasteiger partial charge on any atom is -0.462 e. The summed E-state index contributed by atoms with van der Waals surface area (Å²) >= 11 is 0. The molecule has 1 heterocycles. The van der Waals surface area contributed by atoms with Gasteiger partial charge >= 0.3 is 0 Å². The molecule has 3 rings (SSSR count). The molecule has 0 bridgehead atoms. The average Bonchev–Trinajstić information content (AvgIpc) is 3.00. The van der Waals surface area contributed by atoms with E-state index >= 15 is 0 Å². The van der Waals surface area contributed by atoms with Crippen LogP contribution in [0.4, 0.5) is 17.5 Å². The number of carbonyl (C=O) groups excluding carboxylic acids is 2. The van der Waals surface area contributed by atoms with Crippen molar-refractivity contribution in [3.8, 4) is 0 Å². The Labute approximate surface area is 263 Å². The van der Waals surface area contributed by atoms with E-state index in [0.717, 1.165) is 37.0 Å². The largest absolute Gasteiger partial charge is 0.462 e. The second-order valence-corrected chi connectivity index (χ2v) is 11.8. The van der Waals surface area contributed by atoms with Crippen LogP contribution in [0.3, 0.4) is 0 Å². The predicted molar refractivity (Wildman–Crippen MR) is 179 cm³/mol. The van der Waals surface area contributed by atoms with Crippen LogP contribution in [0.15, 0.2) is 60.8 Å². The fourth-order valence-corrected chi connectivity index (χ4v) is 4.16. The molecule has 3 aromatic rings. The molecule has 0 spiro atoms. The van der Waals surface area contributed by atoms with Crippen molar-refractivity contribution in [3.05, 3.63) is 77.5 Å². The highest BCUT2D eigenvalue weighted by Crippen LogP contribution is 2.24. The van der Waals surface area contributed by atoms with Crippen LogP contribution in [0.5, 0.6) is 0 Å². The van der Waals surface area contributed by atoms with Crippen molar-refractivity contribution in [2.75, 3.05) is 69.5 Å². The molecule has 10 heteroatoms. The number of hydrogen-bond donors (Lipinski definition) is 1. The molecule has 0 saturated carbocycles. The van der Waals surface area contributed by atoms with Crippen LogP contribution < -0.4 is 15.1 Å². The van der Waals surface area contributed by atoms with E-state index in [1.54, 1.807) is 6.20 Å². The van der Waals surface area contributed by atoms with Gasteiger partial charge in [-0.05, 0) is 71.5 Å². The lowest BCUT2D eigenvalue weighted by molar-refractivity contribution is -0.138. The third-order valence-corrected chi connectivity index (χ3v) is 6.60. The molecule has 0 aliphatic heterocycles. The number of nitrogens with zero attached hydrogens (tertiary/aromatic N) is 5. The number of ether oxygens (including phenoxy) is 2. The van der Waals surface area contributed by atoms with Crippen molar-refractivity contribution in [1.82, 2.24) is 14.9 Å². The monoisotopic (exact) mass is 606 g/mol. The van der Waals surface area contributed by atoms with Crippen LogP contribution in [0.25, 0.3) is 0 Å². The van der Waals surface area contributed by atoms with E-state index in [9.17, 15) is 9.59 Å². The van der Waals surface area contributed by atoms with E-state index in [0.29, 0.717) is 43.5 Å². The van der Waals surface area contributed by atoms with Crippen molar-refractivity contribution in [2.24, 2.45) is 0 Å². The van der Waals surface area contributed by atoms with Gasteiger partial charge in [-0.25, -0.2) is 4.98 Å². The topological polar surface area (TPSA) is 100 Å². The molecule has 0 saturated heterocycles. The first-order valence-corrected chi connectivity index (χ1v) is 15.0. The molecule has 1 aromatic heterocycles. The number of likely N-dealkylation sites (N-methyl/N-ethyl adjacent to an activating group) is 2. The Balaban J connectivity index is 0.000000860. The molecular formula is C34H50N6O4. The molecule has 0 amide bonds. The van der Waals surface area contributed by atoms with E-state index in [1.165, 1.54) is 5.56 Å². The van der Waals surface area contributed by atoms with Gasteiger partial charge in [0.05, 0.1) is 18.3 Å². The van der Waals surface area contributed by atoms with Crippen LogP contribution >= 0.6 is 0 Å². The molecule has 2 aromatic carbocycles. The van der Waals surface area contributed by atoms with Crippen LogP contribution in [-0.2, 0) is 20.9 Å². The summed E-state index contributed by atoms with van der Waals surface area (Å²) in [5, 5.41) is 3.11. The van der Waals surface area contributed by atoms with Gasteiger partial charge in [0.1, 0.15) is 11.4 Å². The van der Waals surface area contributed by atoms with E-state index in [-0.39, 0.29) is 11.7 Å². The minimum atomic E-state index is -0.318. The maximum Gasteiger partial charge on any atom is 0.293 e. The van der Waals surface area contributed by atoms with Crippen molar-refractivity contribution < 1.29 is 19.1 Å². The first-order valence-electron chi connectivity index (χ1n) is 15.0. The maximum absolute atomic E-state index is 11.5. The zero-order valence-corrected chi connectivity index (χ0v) is 27.6. The fourth-order valence-electron chi connectivity index (χ4n) is 4.16. The summed E-state index contributed by atoms with van der Waals surface area (Å²) in [6, 6.07) is 18.9. The van der Waals surface area contributed by atoms with Crippen molar-refractivity contribution in [1.29, 1.82) is 0 Å². The van der Waals surface area contributed by atoms with Gasteiger partial charge in [0, 0.05) is 52.2 Å². The molecule has 0 aliphatic carbocycles. The predicted octanol–water partition coefficient (Wildman–Crippen LogP) is 5.46. The van der Waals surface area contributed by atoms with Gasteiger partial charge in [0.15, 0.2) is 6.29 Å². The summed E-state index contributed by atoms with van der Waals surface area (Å²) in [5.74, 6) is 1.15. The van der Waals surface area contributed by atoms with Gasteiger partial charge < -0.3 is 29.5 Å². The number of benzene rings is 2. The number of rotatable bonds is 16. The molecular weight excluding hydrogens is 556 g/mol. The maximum atomic E-state index is 11.5. The van der Waals surface area contributed by atoms with E-state index in [1.807, 2.05) is 45.7 Å². The second kappa shape index (κ2) is 18.6. The summed E-state index contributed by atoms with van der Waals surface area (Å²) < 4.78 is 11.0. The Hall–Kier alpha value is -4.02. The molecule has 44 heavy (non-hydrogen) atoms. The summed E-state index contributed by atoms with van der Waals surface area (Å²) in [6.45, 7) is 11.6. The van der Waals surface area contributed by atoms with Gasteiger partial charge in [0.25, 0.3) is 6.47 Å². The fraction of sp³-hybridized carbons (Fsp3) is 0.471. The van der Waals surface area contributed by atoms with Crippen molar-refractivity contribution in [3.63, 3.8) is 0 Å². The number of nitrogens with one attached hydrogen (secondary N) is 1. The van der Waals surface area contributed by atoms with Crippen LogP contribution in [0.2, 0.25) is 0 Å². The molecule has 0 aliphatic rings. The third-order valence-electron chi connectivity index (χ3n) is 6.60. The van der Waals surface area contributed by atoms with Gasteiger partial charge in [-0.3, -0.25) is 9.59 Å². The SMILES string of the molecule is CC(C)(C)OC=O.CCNc1ncc(C=O)c(N(C)CCN(C)c2cccc(COC(CCN(C)C)c3ccccc3)c2)n1. The van der Waals surface area contributed by atoms with Crippen LogP contribution in [-0.4, -0.2) is 87.6 Å². The molecule has 1 N–H and O–H groups in total. The number of aromatic nitrogens is 2. The smallest absolute Gasteiger partial charge is 0.293 e. The number of aldehydes is 1. The zero-order chi connectivity index (χ0) is 32.5. The van der Waals surface area contributed by atoms with Crippen molar-refractivity contribution >= 4 is 30.2 Å². The van der Waals surface area contributed by atoms with Gasteiger partial charge in [-0.1, -0.05) is 42.5 Å². The summed E-state index contributed by atoms with van der Waals surface area (Å²) in [7, 11) is 8.19.